The lowest BCUT2D eigenvalue weighted by atomic mass is 10.1. The number of nitrogens with zero attached hydrogens (tertiary/aromatic N) is 4. The van der Waals surface area contributed by atoms with Crippen molar-refractivity contribution in [3.05, 3.63) is 117 Å². The van der Waals surface area contributed by atoms with Crippen LogP contribution < -0.4 is 20.9 Å². The first kappa shape index (κ1) is 25.7. The highest BCUT2D eigenvalue weighted by molar-refractivity contribution is 5.82. The fraction of sp³-hybridized carbons (Fsp3) is 0.250. The number of aromatic nitrogens is 3. The maximum absolute atomic E-state index is 13.8. The third kappa shape index (κ3) is 5.05. The third-order valence-electron chi connectivity index (χ3n) is 7.71. The number of hydrogen-bond acceptors (Lipinski definition) is 5. The van der Waals surface area contributed by atoms with Crippen LogP contribution in [0.15, 0.2) is 101 Å². The molecule has 8 nitrogen and oxygen atoms in total. The predicted molar refractivity (Wildman–Crippen MR) is 159 cm³/mol. The zero-order valence-electron chi connectivity index (χ0n) is 22.6. The van der Waals surface area contributed by atoms with Crippen LogP contribution in [0.1, 0.15) is 5.56 Å². The van der Waals surface area contributed by atoms with Gasteiger partial charge in [-0.15, -0.1) is 0 Å². The van der Waals surface area contributed by atoms with Crippen LogP contribution in [0.5, 0.6) is 5.75 Å². The molecule has 1 saturated heterocycles. The zero-order valence-corrected chi connectivity index (χ0v) is 22.6. The van der Waals surface area contributed by atoms with Crippen molar-refractivity contribution in [1.29, 1.82) is 0 Å². The summed E-state index contributed by atoms with van der Waals surface area (Å²) >= 11 is 0. The van der Waals surface area contributed by atoms with E-state index in [9.17, 15) is 9.59 Å². The summed E-state index contributed by atoms with van der Waals surface area (Å²) in [4.78, 5) is 35.5. The highest BCUT2D eigenvalue weighted by Crippen LogP contribution is 2.28. The minimum Gasteiger partial charge on any atom is -0.495 e. The van der Waals surface area contributed by atoms with Gasteiger partial charge in [-0.1, -0.05) is 72.8 Å². The molecule has 40 heavy (non-hydrogen) atoms. The molecule has 0 amide bonds. The van der Waals surface area contributed by atoms with Crippen LogP contribution >= 0.6 is 0 Å². The van der Waals surface area contributed by atoms with Gasteiger partial charge in [0.15, 0.2) is 0 Å². The Balaban J connectivity index is 1.27. The number of para-hydroxylation sites is 2. The minimum atomic E-state index is -0.296. The molecule has 6 rings (SSSR count). The molecular weight excluding hydrogens is 502 g/mol. The van der Waals surface area contributed by atoms with Gasteiger partial charge in [-0.2, -0.15) is 0 Å². The van der Waals surface area contributed by atoms with Crippen LogP contribution in [-0.4, -0.2) is 58.9 Å². The summed E-state index contributed by atoms with van der Waals surface area (Å²) in [6, 6.07) is 29.7. The van der Waals surface area contributed by atoms with E-state index >= 15 is 0 Å². The van der Waals surface area contributed by atoms with Crippen molar-refractivity contribution in [1.82, 2.24) is 19.0 Å². The largest absolute Gasteiger partial charge is 0.495 e. The average molecular weight is 536 g/mol. The van der Waals surface area contributed by atoms with Gasteiger partial charge >= 0.3 is 5.69 Å². The van der Waals surface area contributed by atoms with Gasteiger partial charge in [0.25, 0.3) is 5.56 Å². The number of ether oxygens (including phenoxy) is 1. The van der Waals surface area contributed by atoms with Gasteiger partial charge in [0, 0.05) is 45.0 Å². The number of H-pyrrole nitrogens is 1. The van der Waals surface area contributed by atoms with Crippen molar-refractivity contribution in [2.75, 3.05) is 44.7 Å². The van der Waals surface area contributed by atoms with E-state index in [0.29, 0.717) is 30.7 Å². The molecule has 3 heterocycles. The molecule has 1 aliphatic heterocycles. The zero-order chi connectivity index (χ0) is 27.5. The summed E-state index contributed by atoms with van der Waals surface area (Å²) in [5.74, 6) is 0.871. The van der Waals surface area contributed by atoms with E-state index in [4.69, 9.17) is 4.74 Å². The lowest BCUT2D eigenvalue weighted by Crippen LogP contribution is -2.49. The number of benzene rings is 3. The molecule has 0 saturated carbocycles. The minimum absolute atomic E-state index is 0.254. The third-order valence-corrected chi connectivity index (χ3v) is 7.71. The Bertz CT molecular complexity index is 1720. The van der Waals surface area contributed by atoms with E-state index in [1.165, 1.54) is 4.57 Å². The molecule has 2 aromatic heterocycles. The SMILES string of the molecule is COc1ccccc1N1CCN(CCn2c(=O)c3cc(-c4ccccc4)[nH]c3n(Cc3ccccc3)c2=O)CC1. The molecule has 0 aliphatic carbocycles. The van der Waals surface area contributed by atoms with Crippen LogP contribution in [0.2, 0.25) is 0 Å². The lowest BCUT2D eigenvalue weighted by Gasteiger charge is -2.36. The molecule has 8 heteroatoms. The molecule has 0 bridgehead atoms. The normalized spacial score (nSPS) is 14.1. The number of piperazine rings is 1. The highest BCUT2D eigenvalue weighted by Gasteiger charge is 2.21. The van der Waals surface area contributed by atoms with Gasteiger partial charge in [0.05, 0.1) is 24.7 Å². The number of fused-ring (bicyclic) bond motifs is 1. The van der Waals surface area contributed by atoms with Crippen molar-refractivity contribution < 1.29 is 4.74 Å². The molecule has 0 atom stereocenters. The van der Waals surface area contributed by atoms with Crippen molar-refractivity contribution in [3.63, 3.8) is 0 Å². The van der Waals surface area contributed by atoms with Gasteiger partial charge in [-0.3, -0.25) is 18.8 Å². The fourth-order valence-electron chi connectivity index (χ4n) is 5.52. The van der Waals surface area contributed by atoms with Gasteiger partial charge in [0.1, 0.15) is 11.4 Å². The summed E-state index contributed by atoms with van der Waals surface area (Å²) in [7, 11) is 1.70. The first-order valence-corrected chi connectivity index (χ1v) is 13.7. The smallest absolute Gasteiger partial charge is 0.332 e. The molecule has 1 aliphatic rings. The van der Waals surface area contributed by atoms with Crippen LogP contribution in [0.4, 0.5) is 5.69 Å². The van der Waals surface area contributed by atoms with Crippen molar-refractivity contribution >= 4 is 16.7 Å². The van der Waals surface area contributed by atoms with E-state index in [1.54, 1.807) is 11.7 Å². The molecule has 1 N–H and O–H groups in total. The Labute approximate surface area is 232 Å². The second-order valence-electron chi connectivity index (χ2n) is 10.1. The molecule has 204 valence electrons. The monoisotopic (exact) mass is 535 g/mol. The first-order chi connectivity index (χ1) is 19.6. The van der Waals surface area contributed by atoms with Crippen LogP contribution in [-0.2, 0) is 13.1 Å². The highest BCUT2D eigenvalue weighted by atomic mass is 16.5. The lowest BCUT2D eigenvalue weighted by molar-refractivity contribution is 0.244. The average Bonchev–Trinajstić information content (AvgIpc) is 3.46. The van der Waals surface area contributed by atoms with E-state index in [-0.39, 0.29) is 11.2 Å². The fourth-order valence-corrected chi connectivity index (χ4v) is 5.52. The number of nitrogens with one attached hydrogen (secondary N) is 1. The number of aromatic amines is 1. The van der Waals surface area contributed by atoms with Crippen molar-refractivity contribution in [3.8, 4) is 17.0 Å². The van der Waals surface area contributed by atoms with Crippen LogP contribution in [0.3, 0.4) is 0 Å². The molecule has 0 spiro atoms. The van der Waals surface area contributed by atoms with E-state index in [1.807, 2.05) is 84.9 Å². The summed E-state index contributed by atoms with van der Waals surface area (Å²) in [6.45, 7) is 4.73. The Morgan fingerprint density at radius 1 is 0.775 bits per heavy atom. The standard InChI is InChI=1S/C32H33N5O3/c1-40-29-15-9-8-14-28(29)35-19-16-34(17-20-35)18-21-36-31(38)26-22-27(25-12-6-3-7-13-25)33-30(26)37(32(36)39)23-24-10-4-2-5-11-24/h2-15,22,33H,16-21,23H2,1H3. The maximum atomic E-state index is 13.8. The molecule has 0 radical (unpaired) electrons. The van der Waals surface area contributed by atoms with Gasteiger partial charge in [-0.25, -0.2) is 4.79 Å². The number of methoxy groups -OCH3 is 1. The number of hydrogen-bond donors (Lipinski definition) is 1. The first-order valence-electron chi connectivity index (χ1n) is 13.7. The summed E-state index contributed by atoms with van der Waals surface area (Å²) in [5, 5.41) is 0.523. The second kappa shape index (κ2) is 11.3. The van der Waals surface area contributed by atoms with Crippen molar-refractivity contribution in [2.24, 2.45) is 0 Å². The maximum Gasteiger partial charge on any atom is 0.332 e. The summed E-state index contributed by atoms with van der Waals surface area (Å²) < 4.78 is 8.64. The van der Waals surface area contributed by atoms with E-state index < -0.39 is 0 Å². The predicted octanol–water partition coefficient (Wildman–Crippen LogP) is 4.04. The van der Waals surface area contributed by atoms with Crippen LogP contribution in [0.25, 0.3) is 22.3 Å². The Morgan fingerprint density at radius 3 is 2.17 bits per heavy atom. The van der Waals surface area contributed by atoms with E-state index in [2.05, 4.69) is 20.9 Å². The van der Waals surface area contributed by atoms with Gasteiger partial charge in [0.2, 0.25) is 0 Å². The summed E-state index contributed by atoms with van der Waals surface area (Å²) in [6.07, 6.45) is 0. The number of anilines is 1. The number of rotatable bonds is 8. The Kier molecular flexibility index (Phi) is 7.25. The Hall–Kier alpha value is -4.56. The van der Waals surface area contributed by atoms with Crippen molar-refractivity contribution in [2.45, 2.75) is 13.1 Å². The van der Waals surface area contributed by atoms with Gasteiger partial charge in [-0.05, 0) is 29.3 Å². The van der Waals surface area contributed by atoms with E-state index in [0.717, 1.165) is 54.4 Å². The second-order valence-corrected chi connectivity index (χ2v) is 10.1. The molecule has 5 aromatic rings. The summed E-state index contributed by atoms with van der Waals surface area (Å²) in [5.41, 5.74) is 3.89. The van der Waals surface area contributed by atoms with Crippen LogP contribution in [0, 0.1) is 0 Å². The molecule has 3 aromatic carbocycles. The molecular formula is C32H33N5O3. The van der Waals surface area contributed by atoms with Gasteiger partial charge < -0.3 is 14.6 Å². The Morgan fingerprint density at radius 2 is 1.45 bits per heavy atom. The molecule has 1 fully saturated rings. The molecule has 0 unspecified atom stereocenters. The topological polar surface area (TPSA) is 75.5 Å². The quantitative estimate of drug-likeness (QED) is 0.325.